The van der Waals surface area contributed by atoms with Crippen LogP contribution in [0.15, 0.2) is 36.9 Å². The number of benzene rings is 2. The van der Waals surface area contributed by atoms with Gasteiger partial charge >= 0.3 is 0 Å². The molecule has 2 fully saturated rings. The third-order valence-electron chi connectivity index (χ3n) is 7.35. The van der Waals surface area contributed by atoms with Gasteiger partial charge in [-0.05, 0) is 45.3 Å². The molecule has 0 unspecified atom stereocenters. The van der Waals surface area contributed by atoms with Crippen LogP contribution in [0.1, 0.15) is 6.92 Å². The van der Waals surface area contributed by atoms with E-state index in [1.165, 1.54) is 24.3 Å². The third-order valence-corrected chi connectivity index (χ3v) is 7.65. The van der Waals surface area contributed by atoms with Crippen LogP contribution in [-0.4, -0.2) is 89.7 Å². The Balaban J connectivity index is 1.67. The van der Waals surface area contributed by atoms with Gasteiger partial charge in [0.15, 0.2) is 5.82 Å². The quantitative estimate of drug-likeness (QED) is 0.490. The number of carbonyl (C=O) groups is 1. The van der Waals surface area contributed by atoms with Gasteiger partial charge in [0.05, 0.1) is 10.6 Å². The summed E-state index contributed by atoms with van der Waals surface area (Å²) in [5.41, 5.74) is -0.591. The third kappa shape index (κ3) is 4.41. The van der Waals surface area contributed by atoms with Crippen molar-refractivity contribution < 1.29 is 18.7 Å². The summed E-state index contributed by atoms with van der Waals surface area (Å²) >= 11 is 6.54. The van der Waals surface area contributed by atoms with Crippen LogP contribution >= 0.6 is 11.6 Å². The van der Waals surface area contributed by atoms with E-state index in [-0.39, 0.29) is 33.6 Å². The molecule has 3 heterocycles. The van der Waals surface area contributed by atoms with Crippen LogP contribution in [0.2, 0.25) is 5.02 Å². The predicted octanol–water partition coefficient (Wildman–Crippen LogP) is 3.91. The number of phenols is 1. The monoisotopic (exact) mass is 542 g/mol. The fourth-order valence-corrected chi connectivity index (χ4v) is 5.35. The molecule has 8 nitrogen and oxygen atoms in total. The summed E-state index contributed by atoms with van der Waals surface area (Å²) in [6.07, 6.45) is 1.29. The van der Waals surface area contributed by atoms with Crippen molar-refractivity contribution in [3.05, 3.63) is 53.6 Å². The number of rotatable bonds is 5. The number of halogens is 3. The maximum absolute atomic E-state index is 16.2. The number of hydrogen-bond donors (Lipinski definition) is 1. The van der Waals surface area contributed by atoms with Gasteiger partial charge in [0.25, 0.3) is 0 Å². The van der Waals surface area contributed by atoms with E-state index < -0.39 is 17.4 Å². The smallest absolute Gasteiger partial charge is 0.246 e. The highest BCUT2D eigenvalue weighted by Gasteiger charge is 2.34. The van der Waals surface area contributed by atoms with Gasteiger partial charge in [0, 0.05) is 55.8 Å². The fourth-order valence-electron chi connectivity index (χ4n) is 5.06. The van der Waals surface area contributed by atoms with Gasteiger partial charge in [-0.15, -0.1) is 0 Å². The average molecular weight is 543 g/mol. The molecule has 1 aromatic heterocycles. The molecule has 2 aliphatic heterocycles. The molecule has 38 heavy (non-hydrogen) atoms. The van der Waals surface area contributed by atoms with Crippen LogP contribution in [0, 0.1) is 11.6 Å². The largest absolute Gasteiger partial charge is 0.507 e. The Labute approximate surface area is 224 Å². The molecule has 0 bridgehead atoms. The highest BCUT2D eigenvalue weighted by atomic mass is 35.5. The first-order valence-electron chi connectivity index (χ1n) is 12.4. The summed E-state index contributed by atoms with van der Waals surface area (Å²) in [5, 5.41) is 10.7. The molecular weight excluding hydrogens is 514 g/mol. The molecule has 0 radical (unpaired) electrons. The van der Waals surface area contributed by atoms with Gasteiger partial charge in [0.2, 0.25) is 11.9 Å². The van der Waals surface area contributed by atoms with Crippen LogP contribution in [0.3, 0.4) is 0 Å². The lowest BCUT2D eigenvalue weighted by molar-refractivity contribution is -0.126. The second kappa shape index (κ2) is 9.99. The second-order valence-corrected chi connectivity index (χ2v) is 10.4. The molecule has 3 aromatic rings. The Morgan fingerprint density at radius 1 is 1.18 bits per heavy atom. The van der Waals surface area contributed by atoms with Gasteiger partial charge in [-0.2, -0.15) is 4.98 Å². The van der Waals surface area contributed by atoms with E-state index in [0.29, 0.717) is 55.9 Å². The van der Waals surface area contributed by atoms with E-state index in [0.717, 1.165) is 6.07 Å². The van der Waals surface area contributed by atoms with Gasteiger partial charge < -0.3 is 24.7 Å². The Kier molecular flexibility index (Phi) is 6.87. The normalized spacial score (nSPS) is 18.3. The number of amides is 1. The van der Waals surface area contributed by atoms with Crippen LogP contribution in [-0.2, 0) is 4.79 Å². The zero-order valence-electron chi connectivity index (χ0n) is 21.5. The summed E-state index contributed by atoms with van der Waals surface area (Å²) in [4.78, 5) is 29.4. The summed E-state index contributed by atoms with van der Waals surface area (Å²) in [6.45, 7) is 8.23. The molecule has 1 N–H and O–H groups in total. The number of anilines is 2. The maximum Gasteiger partial charge on any atom is 0.246 e. The molecule has 1 atom stereocenters. The molecular formula is C27H29ClF2N6O2. The number of nitrogens with zero attached hydrogens (tertiary/aromatic N) is 6. The summed E-state index contributed by atoms with van der Waals surface area (Å²) in [6, 6.07) is 5.45. The molecule has 0 saturated carbocycles. The van der Waals surface area contributed by atoms with Crippen LogP contribution in [0.25, 0.3) is 22.0 Å². The molecule has 5 rings (SSSR count). The van der Waals surface area contributed by atoms with Crippen LogP contribution < -0.4 is 9.80 Å². The van der Waals surface area contributed by atoms with Crippen molar-refractivity contribution in [2.24, 2.45) is 0 Å². The van der Waals surface area contributed by atoms with Crippen molar-refractivity contribution in [3.8, 4) is 16.9 Å². The maximum atomic E-state index is 16.2. The number of aromatic hydroxyl groups is 1. The topological polar surface area (TPSA) is 76.0 Å². The molecule has 11 heteroatoms. The standard InChI is InChI=1S/C27H29ClF2N6O2/c1-5-21(38)34-9-10-36(15(2)12-34)26-17-11-18(28)22(23-19(29)7-6-8-20(23)37)24(30)25(17)31-27(32-26)35-13-16(14-35)33(3)4/h5-8,11,15-16,37H,1,9-10,12-14H2,2-4H3/t15-/m0/s1. The van der Waals surface area contributed by atoms with Gasteiger partial charge in [0.1, 0.15) is 22.9 Å². The van der Waals surface area contributed by atoms with E-state index in [4.69, 9.17) is 16.6 Å². The second-order valence-electron chi connectivity index (χ2n) is 9.98. The number of fused-ring (bicyclic) bond motifs is 1. The van der Waals surface area contributed by atoms with E-state index in [1.807, 2.05) is 30.8 Å². The van der Waals surface area contributed by atoms with Crippen LogP contribution in [0.4, 0.5) is 20.5 Å². The number of aromatic nitrogens is 2. The van der Waals surface area contributed by atoms with Crippen molar-refractivity contribution in [1.82, 2.24) is 19.8 Å². The number of phenolic OH excluding ortho intramolecular Hbond substituents is 1. The van der Waals surface area contributed by atoms with Crippen molar-refractivity contribution >= 4 is 40.2 Å². The molecule has 200 valence electrons. The molecule has 1 amide bonds. The van der Waals surface area contributed by atoms with Crippen molar-refractivity contribution in [2.75, 3.05) is 56.6 Å². The van der Waals surface area contributed by atoms with E-state index >= 15 is 4.39 Å². The Hall–Kier alpha value is -3.50. The van der Waals surface area contributed by atoms with Gasteiger partial charge in [-0.1, -0.05) is 24.2 Å². The van der Waals surface area contributed by atoms with E-state index in [1.54, 1.807) is 4.90 Å². The minimum absolute atomic E-state index is 0.0165. The summed E-state index contributed by atoms with van der Waals surface area (Å²) < 4.78 is 31.0. The fraction of sp³-hybridized carbons (Fsp3) is 0.370. The Morgan fingerprint density at radius 2 is 1.92 bits per heavy atom. The van der Waals surface area contributed by atoms with E-state index in [9.17, 15) is 14.3 Å². The molecule has 2 aromatic carbocycles. The van der Waals surface area contributed by atoms with Gasteiger partial charge in [-0.25, -0.2) is 13.8 Å². The van der Waals surface area contributed by atoms with Crippen molar-refractivity contribution in [2.45, 2.75) is 19.0 Å². The number of likely N-dealkylation sites (N-methyl/N-ethyl adjacent to an activating group) is 1. The summed E-state index contributed by atoms with van der Waals surface area (Å²) in [5.74, 6) is -1.37. The van der Waals surface area contributed by atoms with Crippen molar-refractivity contribution in [1.29, 1.82) is 0 Å². The highest BCUT2D eigenvalue weighted by molar-refractivity contribution is 6.34. The molecule has 2 aliphatic rings. The first kappa shape index (κ1) is 26.1. The Morgan fingerprint density at radius 3 is 2.55 bits per heavy atom. The lowest BCUT2D eigenvalue weighted by Crippen LogP contribution is -2.58. The predicted molar refractivity (Wildman–Crippen MR) is 145 cm³/mol. The minimum atomic E-state index is -0.837. The number of piperazine rings is 1. The minimum Gasteiger partial charge on any atom is -0.507 e. The zero-order valence-corrected chi connectivity index (χ0v) is 22.2. The highest BCUT2D eigenvalue weighted by Crippen LogP contribution is 2.43. The average Bonchev–Trinajstić information content (AvgIpc) is 2.84. The van der Waals surface area contributed by atoms with E-state index in [2.05, 4.69) is 16.5 Å². The molecule has 0 aliphatic carbocycles. The first-order valence-corrected chi connectivity index (χ1v) is 12.8. The van der Waals surface area contributed by atoms with Crippen LogP contribution in [0.5, 0.6) is 5.75 Å². The lowest BCUT2D eigenvalue weighted by Gasteiger charge is -2.44. The SMILES string of the molecule is C=CC(=O)N1CCN(c2nc(N3CC(N(C)C)C3)nc3c(F)c(-c4c(O)cccc4F)c(Cl)cc23)[C@@H](C)C1. The lowest BCUT2D eigenvalue weighted by atomic mass is 10.0. The molecule has 2 saturated heterocycles. The van der Waals surface area contributed by atoms with Crippen molar-refractivity contribution in [3.63, 3.8) is 0 Å². The Bertz CT molecular complexity index is 1410. The summed E-state index contributed by atoms with van der Waals surface area (Å²) in [7, 11) is 3.99. The zero-order chi connectivity index (χ0) is 27.3. The molecule has 0 spiro atoms. The van der Waals surface area contributed by atoms with Gasteiger partial charge in [-0.3, -0.25) is 4.79 Å². The first-order chi connectivity index (χ1) is 18.1. The number of carbonyl (C=O) groups excluding carboxylic acids is 1. The number of hydrogen-bond acceptors (Lipinski definition) is 7.